The average molecular weight is 358 g/mol. The average Bonchev–Trinajstić information content (AvgIpc) is 3.00. The van der Waals surface area contributed by atoms with Gasteiger partial charge in [-0.2, -0.15) is 0 Å². The van der Waals surface area contributed by atoms with Gasteiger partial charge in [0.25, 0.3) is 5.91 Å². The van der Waals surface area contributed by atoms with Crippen molar-refractivity contribution in [2.75, 3.05) is 13.2 Å². The lowest BCUT2D eigenvalue weighted by Crippen LogP contribution is -2.30. The van der Waals surface area contributed by atoms with E-state index < -0.39 is 5.97 Å². The number of amides is 1. The quantitative estimate of drug-likeness (QED) is 0.804. The number of ether oxygens (including phenoxy) is 1. The summed E-state index contributed by atoms with van der Waals surface area (Å²) in [5, 5.41) is 5.27. The molecule has 0 unspecified atom stereocenters. The first-order chi connectivity index (χ1) is 10.6. The van der Waals surface area contributed by atoms with Gasteiger partial charge in [0, 0.05) is 16.4 Å². The van der Waals surface area contributed by atoms with E-state index in [-0.39, 0.29) is 23.1 Å². The number of hydrogen-bond acceptors (Lipinski definition) is 4. The van der Waals surface area contributed by atoms with Gasteiger partial charge < -0.3 is 10.1 Å². The van der Waals surface area contributed by atoms with Crippen LogP contribution in [0.15, 0.2) is 35.7 Å². The van der Waals surface area contributed by atoms with Crippen molar-refractivity contribution in [3.8, 4) is 0 Å². The molecule has 0 spiro atoms. The van der Waals surface area contributed by atoms with Gasteiger partial charge in [-0.15, -0.1) is 11.3 Å². The van der Waals surface area contributed by atoms with Crippen molar-refractivity contribution in [2.24, 2.45) is 0 Å². The normalized spacial score (nSPS) is 10.3. The van der Waals surface area contributed by atoms with Crippen LogP contribution in [0.3, 0.4) is 0 Å². The van der Waals surface area contributed by atoms with Gasteiger partial charge >= 0.3 is 5.97 Å². The van der Waals surface area contributed by atoms with E-state index in [2.05, 4.69) is 5.32 Å². The van der Waals surface area contributed by atoms with Crippen LogP contribution < -0.4 is 5.32 Å². The maximum atomic E-state index is 11.8. The molecule has 7 heteroatoms. The minimum Gasteiger partial charge on any atom is -0.452 e. The molecule has 4 nitrogen and oxygen atoms in total. The molecule has 0 aliphatic rings. The molecule has 1 aromatic carbocycles. The smallest absolute Gasteiger partial charge is 0.340 e. The van der Waals surface area contributed by atoms with Gasteiger partial charge in [0.1, 0.15) is 0 Å². The second-order valence-electron chi connectivity index (χ2n) is 4.38. The van der Waals surface area contributed by atoms with Gasteiger partial charge in [-0.25, -0.2) is 4.79 Å². The third kappa shape index (κ3) is 5.02. The van der Waals surface area contributed by atoms with Crippen LogP contribution in [0.4, 0.5) is 0 Å². The van der Waals surface area contributed by atoms with E-state index in [0.717, 1.165) is 6.42 Å². The SMILES string of the molecule is O=C(COC(=O)c1cc(Cl)ccc1Cl)NCCc1cccs1. The van der Waals surface area contributed by atoms with Crippen molar-refractivity contribution in [2.45, 2.75) is 6.42 Å². The van der Waals surface area contributed by atoms with E-state index in [9.17, 15) is 9.59 Å². The summed E-state index contributed by atoms with van der Waals surface area (Å²) in [6.45, 7) is 0.140. The molecular weight excluding hydrogens is 345 g/mol. The second-order valence-corrected chi connectivity index (χ2v) is 6.26. The summed E-state index contributed by atoms with van der Waals surface area (Å²) in [5.41, 5.74) is 0.139. The molecule has 1 amide bonds. The highest BCUT2D eigenvalue weighted by Crippen LogP contribution is 2.21. The largest absolute Gasteiger partial charge is 0.452 e. The maximum absolute atomic E-state index is 11.8. The molecule has 1 aromatic heterocycles. The summed E-state index contributed by atoms with van der Waals surface area (Å²) in [7, 11) is 0. The minimum atomic E-state index is -0.680. The third-order valence-corrected chi connectivity index (χ3v) is 4.26. The van der Waals surface area contributed by atoms with Crippen LogP contribution in [0, 0.1) is 0 Å². The predicted molar refractivity (Wildman–Crippen MR) is 87.8 cm³/mol. The second kappa shape index (κ2) is 8.17. The highest BCUT2D eigenvalue weighted by Gasteiger charge is 2.14. The summed E-state index contributed by atoms with van der Waals surface area (Å²) < 4.78 is 4.92. The van der Waals surface area contributed by atoms with E-state index in [0.29, 0.717) is 11.6 Å². The first-order valence-corrected chi connectivity index (χ1v) is 8.11. The molecule has 116 valence electrons. The van der Waals surface area contributed by atoms with Gasteiger partial charge in [0.05, 0.1) is 10.6 Å². The van der Waals surface area contributed by atoms with Crippen molar-refractivity contribution in [3.63, 3.8) is 0 Å². The van der Waals surface area contributed by atoms with Crippen molar-refractivity contribution < 1.29 is 14.3 Å². The van der Waals surface area contributed by atoms with E-state index in [1.165, 1.54) is 17.0 Å². The van der Waals surface area contributed by atoms with Crippen molar-refractivity contribution in [3.05, 3.63) is 56.2 Å². The molecule has 1 heterocycles. The molecule has 0 radical (unpaired) electrons. The van der Waals surface area contributed by atoms with Gasteiger partial charge in [0.2, 0.25) is 0 Å². The number of hydrogen-bond donors (Lipinski definition) is 1. The Morgan fingerprint density at radius 1 is 1.23 bits per heavy atom. The number of benzene rings is 1. The molecule has 0 atom stereocenters. The summed E-state index contributed by atoms with van der Waals surface area (Å²) in [6, 6.07) is 8.43. The molecular formula is C15H13Cl2NO3S. The van der Waals surface area contributed by atoms with Crippen LogP contribution in [-0.2, 0) is 16.0 Å². The Hall–Kier alpha value is -1.56. The van der Waals surface area contributed by atoms with Crippen molar-refractivity contribution in [1.29, 1.82) is 0 Å². The number of carbonyl (C=O) groups is 2. The van der Waals surface area contributed by atoms with Gasteiger partial charge in [0.15, 0.2) is 6.61 Å². The van der Waals surface area contributed by atoms with Crippen LogP contribution in [0.5, 0.6) is 0 Å². The van der Waals surface area contributed by atoms with E-state index in [1.807, 2.05) is 17.5 Å². The predicted octanol–water partition coefficient (Wildman–Crippen LogP) is 3.57. The molecule has 0 aliphatic heterocycles. The Bertz CT molecular complexity index is 659. The molecule has 0 fully saturated rings. The van der Waals surface area contributed by atoms with E-state index >= 15 is 0 Å². The lowest BCUT2D eigenvalue weighted by Gasteiger charge is -2.07. The molecule has 0 aliphatic carbocycles. The number of rotatable bonds is 6. The molecule has 0 saturated carbocycles. The molecule has 2 aromatic rings. The monoisotopic (exact) mass is 357 g/mol. The van der Waals surface area contributed by atoms with E-state index in [4.69, 9.17) is 27.9 Å². The molecule has 1 N–H and O–H groups in total. The topological polar surface area (TPSA) is 55.4 Å². The van der Waals surface area contributed by atoms with Gasteiger partial charge in [-0.1, -0.05) is 29.3 Å². The van der Waals surface area contributed by atoms with Crippen molar-refractivity contribution in [1.82, 2.24) is 5.32 Å². The van der Waals surface area contributed by atoms with Crippen LogP contribution in [0.2, 0.25) is 10.0 Å². The fourth-order valence-electron chi connectivity index (χ4n) is 1.69. The van der Waals surface area contributed by atoms with Crippen LogP contribution in [0.1, 0.15) is 15.2 Å². The fraction of sp³-hybridized carbons (Fsp3) is 0.200. The maximum Gasteiger partial charge on any atom is 0.340 e. The zero-order valence-corrected chi connectivity index (χ0v) is 13.8. The molecule has 0 bridgehead atoms. The first-order valence-electron chi connectivity index (χ1n) is 6.47. The standard InChI is InChI=1S/C15H13Cl2NO3S/c16-10-3-4-13(17)12(8-10)15(20)21-9-14(19)18-6-5-11-2-1-7-22-11/h1-4,7-8H,5-6,9H2,(H,18,19). The summed E-state index contributed by atoms with van der Waals surface area (Å²) in [4.78, 5) is 24.6. The highest BCUT2D eigenvalue weighted by molar-refractivity contribution is 7.09. The highest BCUT2D eigenvalue weighted by atomic mass is 35.5. The van der Waals surface area contributed by atoms with Crippen LogP contribution >= 0.6 is 34.5 Å². The van der Waals surface area contributed by atoms with Crippen LogP contribution in [-0.4, -0.2) is 25.0 Å². The van der Waals surface area contributed by atoms with Gasteiger partial charge in [-0.3, -0.25) is 4.79 Å². The Kier molecular flexibility index (Phi) is 6.24. The summed E-state index contributed by atoms with van der Waals surface area (Å²) in [6.07, 6.45) is 0.747. The Morgan fingerprint density at radius 2 is 2.05 bits per heavy atom. The third-order valence-electron chi connectivity index (χ3n) is 2.76. The fourth-order valence-corrected chi connectivity index (χ4v) is 2.77. The van der Waals surface area contributed by atoms with E-state index in [1.54, 1.807) is 17.4 Å². The number of thiophene rings is 1. The Morgan fingerprint density at radius 3 is 2.77 bits per heavy atom. The molecule has 2 rings (SSSR count). The number of esters is 1. The first kappa shape index (κ1) is 16.8. The Balaban J connectivity index is 1.75. The Labute approximate surface area is 142 Å². The van der Waals surface area contributed by atoms with Gasteiger partial charge in [-0.05, 0) is 36.1 Å². The summed E-state index contributed by atoms with van der Waals surface area (Å²) in [5.74, 6) is -1.04. The molecule has 22 heavy (non-hydrogen) atoms. The summed E-state index contributed by atoms with van der Waals surface area (Å²) >= 11 is 13.3. The number of halogens is 2. The minimum absolute atomic E-state index is 0.139. The number of carbonyl (C=O) groups excluding carboxylic acids is 2. The lowest BCUT2D eigenvalue weighted by atomic mass is 10.2. The van der Waals surface area contributed by atoms with Crippen LogP contribution in [0.25, 0.3) is 0 Å². The zero-order valence-electron chi connectivity index (χ0n) is 11.5. The van der Waals surface area contributed by atoms with Crippen molar-refractivity contribution >= 4 is 46.4 Å². The lowest BCUT2D eigenvalue weighted by molar-refractivity contribution is -0.124. The zero-order chi connectivity index (χ0) is 15.9. The number of nitrogens with one attached hydrogen (secondary N) is 1. The molecule has 0 saturated heterocycles.